The molecule has 8 nitrogen and oxygen atoms in total. The lowest BCUT2D eigenvalue weighted by Gasteiger charge is -2.16. The molecular weight excluding hydrogens is 364 g/mol. The van der Waals surface area contributed by atoms with Gasteiger partial charge >= 0.3 is 5.97 Å². The summed E-state index contributed by atoms with van der Waals surface area (Å²) in [6.07, 6.45) is 1.43. The van der Waals surface area contributed by atoms with E-state index in [-0.39, 0.29) is 12.5 Å². The van der Waals surface area contributed by atoms with Gasteiger partial charge in [0.15, 0.2) is 17.5 Å². The van der Waals surface area contributed by atoms with Crippen molar-refractivity contribution in [2.24, 2.45) is 0 Å². The van der Waals surface area contributed by atoms with E-state index < -0.39 is 23.8 Å². The number of carboxylic acid groups (broad SMARTS) is 1. The second kappa shape index (κ2) is 8.26. The van der Waals surface area contributed by atoms with Gasteiger partial charge in [-0.2, -0.15) is 0 Å². The number of fused-ring (bicyclic) bond motifs is 1. The van der Waals surface area contributed by atoms with Gasteiger partial charge in [0.05, 0.1) is 0 Å². The Kier molecular flexibility index (Phi) is 5.59. The van der Waals surface area contributed by atoms with E-state index in [0.717, 1.165) is 0 Å². The fourth-order valence-electron chi connectivity index (χ4n) is 2.66. The first-order chi connectivity index (χ1) is 13.4. The molecule has 3 N–H and O–H groups in total. The van der Waals surface area contributed by atoms with E-state index in [1.807, 2.05) is 0 Å². The first-order valence-corrected chi connectivity index (χ1v) is 8.41. The average molecular weight is 382 g/mol. The summed E-state index contributed by atoms with van der Waals surface area (Å²) in [4.78, 5) is 35.8. The van der Waals surface area contributed by atoms with Crippen LogP contribution in [-0.2, 0) is 14.4 Å². The maximum atomic E-state index is 12.7. The van der Waals surface area contributed by atoms with Crippen LogP contribution in [0.1, 0.15) is 24.1 Å². The maximum absolute atomic E-state index is 12.7. The molecule has 1 heterocycles. The Bertz CT molecular complexity index is 939. The van der Waals surface area contributed by atoms with Gasteiger partial charge in [0.1, 0.15) is 5.70 Å². The smallest absolute Gasteiger partial charge is 0.330 e. The van der Waals surface area contributed by atoms with Crippen molar-refractivity contribution in [2.45, 2.75) is 13.0 Å². The molecule has 1 aliphatic rings. The predicted octanol–water partition coefficient (Wildman–Crippen LogP) is 1.83. The van der Waals surface area contributed by atoms with Crippen LogP contribution in [0.2, 0.25) is 0 Å². The molecule has 144 valence electrons. The summed E-state index contributed by atoms with van der Waals surface area (Å²) < 4.78 is 10.5. The monoisotopic (exact) mass is 382 g/mol. The standard InChI is InChI=1S/C20H18N2O6/c1-12(23)21-15(9-13-7-8-16-17(10-13)28-11-27-16)19(24)22-18(20(25)26)14-5-3-2-4-6-14/h2-10,18H,11H2,1H3,(H,21,23)(H,22,24)(H,25,26). The van der Waals surface area contributed by atoms with Crippen LogP contribution in [0.25, 0.3) is 6.08 Å². The van der Waals surface area contributed by atoms with Crippen molar-refractivity contribution in [1.29, 1.82) is 0 Å². The molecule has 3 rings (SSSR count). The van der Waals surface area contributed by atoms with Crippen molar-refractivity contribution in [3.63, 3.8) is 0 Å². The lowest BCUT2D eigenvalue weighted by molar-refractivity contribution is -0.141. The molecule has 28 heavy (non-hydrogen) atoms. The van der Waals surface area contributed by atoms with Crippen LogP contribution in [0.5, 0.6) is 11.5 Å². The SMILES string of the molecule is CC(=O)NC(=Cc1ccc2c(c1)OCO2)C(=O)NC(C(=O)O)c1ccccc1. The second-order valence-corrected chi connectivity index (χ2v) is 6.01. The highest BCUT2D eigenvalue weighted by atomic mass is 16.7. The van der Waals surface area contributed by atoms with Crippen LogP contribution in [0.3, 0.4) is 0 Å². The number of hydrogen-bond acceptors (Lipinski definition) is 5. The molecule has 0 fully saturated rings. The van der Waals surface area contributed by atoms with E-state index in [2.05, 4.69) is 10.6 Å². The zero-order chi connectivity index (χ0) is 20.1. The van der Waals surface area contributed by atoms with Crippen LogP contribution in [-0.4, -0.2) is 29.7 Å². The molecule has 2 aromatic rings. The van der Waals surface area contributed by atoms with Gasteiger partial charge in [-0.05, 0) is 29.3 Å². The molecule has 0 radical (unpaired) electrons. The van der Waals surface area contributed by atoms with E-state index in [9.17, 15) is 19.5 Å². The molecule has 0 spiro atoms. The molecule has 0 bridgehead atoms. The number of carbonyl (C=O) groups is 3. The minimum atomic E-state index is -1.26. The van der Waals surface area contributed by atoms with Crippen molar-refractivity contribution < 1.29 is 29.0 Å². The third kappa shape index (κ3) is 4.47. The fourth-order valence-corrected chi connectivity index (χ4v) is 2.66. The van der Waals surface area contributed by atoms with E-state index in [1.165, 1.54) is 13.0 Å². The summed E-state index contributed by atoms with van der Waals surface area (Å²) in [5, 5.41) is 14.4. The van der Waals surface area contributed by atoms with Crippen molar-refractivity contribution in [3.05, 3.63) is 65.4 Å². The van der Waals surface area contributed by atoms with Gasteiger partial charge in [0, 0.05) is 6.92 Å². The van der Waals surface area contributed by atoms with Crippen molar-refractivity contribution in [3.8, 4) is 11.5 Å². The summed E-state index contributed by atoms with van der Waals surface area (Å²) in [6.45, 7) is 1.37. The molecular formula is C20H18N2O6. The molecule has 0 aliphatic carbocycles. The van der Waals surface area contributed by atoms with Crippen LogP contribution >= 0.6 is 0 Å². The number of amides is 2. The third-order valence-electron chi connectivity index (χ3n) is 3.92. The minimum absolute atomic E-state index is 0.0893. The molecule has 1 atom stereocenters. The van der Waals surface area contributed by atoms with Gasteiger partial charge in [-0.25, -0.2) is 4.79 Å². The number of nitrogens with one attached hydrogen (secondary N) is 2. The van der Waals surface area contributed by atoms with Crippen LogP contribution in [0, 0.1) is 0 Å². The van der Waals surface area contributed by atoms with Gasteiger partial charge < -0.3 is 25.2 Å². The number of carbonyl (C=O) groups excluding carboxylic acids is 2. The molecule has 1 aliphatic heterocycles. The Hall–Kier alpha value is -3.81. The lowest BCUT2D eigenvalue weighted by Crippen LogP contribution is -2.39. The normalized spacial score (nSPS) is 13.5. The summed E-state index contributed by atoms with van der Waals surface area (Å²) in [5.74, 6) is -1.32. The Balaban J connectivity index is 1.87. The van der Waals surface area contributed by atoms with Crippen molar-refractivity contribution >= 4 is 23.9 Å². The van der Waals surface area contributed by atoms with Crippen LogP contribution in [0.15, 0.2) is 54.2 Å². The number of hydrogen-bond donors (Lipinski definition) is 3. The summed E-state index contributed by atoms with van der Waals surface area (Å²) in [7, 11) is 0. The summed E-state index contributed by atoms with van der Waals surface area (Å²) in [6, 6.07) is 12.1. The van der Waals surface area contributed by atoms with Gasteiger partial charge in [-0.1, -0.05) is 36.4 Å². The highest BCUT2D eigenvalue weighted by molar-refractivity contribution is 6.02. The van der Waals surface area contributed by atoms with Gasteiger partial charge in [-0.15, -0.1) is 0 Å². The Morgan fingerprint density at radius 3 is 2.46 bits per heavy atom. The number of rotatable bonds is 6. The highest BCUT2D eigenvalue weighted by Gasteiger charge is 2.24. The van der Waals surface area contributed by atoms with Crippen molar-refractivity contribution in [1.82, 2.24) is 10.6 Å². The van der Waals surface area contributed by atoms with E-state index in [1.54, 1.807) is 48.5 Å². The number of ether oxygens (including phenoxy) is 2. The number of carboxylic acids is 1. The maximum Gasteiger partial charge on any atom is 0.330 e. The van der Waals surface area contributed by atoms with Crippen molar-refractivity contribution in [2.75, 3.05) is 6.79 Å². The molecule has 1 unspecified atom stereocenters. The van der Waals surface area contributed by atoms with Gasteiger partial charge in [-0.3, -0.25) is 9.59 Å². The topological polar surface area (TPSA) is 114 Å². The predicted molar refractivity (Wildman–Crippen MR) is 99.3 cm³/mol. The molecule has 2 amide bonds. The van der Waals surface area contributed by atoms with E-state index >= 15 is 0 Å². The first kappa shape index (κ1) is 19.0. The number of aliphatic carboxylic acids is 1. The van der Waals surface area contributed by atoms with E-state index in [4.69, 9.17) is 9.47 Å². The first-order valence-electron chi connectivity index (χ1n) is 8.41. The largest absolute Gasteiger partial charge is 0.479 e. The summed E-state index contributed by atoms with van der Waals surface area (Å²) >= 11 is 0. The minimum Gasteiger partial charge on any atom is -0.479 e. The molecule has 2 aromatic carbocycles. The van der Waals surface area contributed by atoms with Gasteiger partial charge in [0.2, 0.25) is 12.7 Å². The second-order valence-electron chi connectivity index (χ2n) is 6.01. The molecule has 0 saturated heterocycles. The highest BCUT2D eigenvalue weighted by Crippen LogP contribution is 2.33. The summed E-state index contributed by atoms with van der Waals surface area (Å²) in [5.41, 5.74) is 0.900. The van der Waals surface area contributed by atoms with Gasteiger partial charge in [0.25, 0.3) is 5.91 Å². The Morgan fingerprint density at radius 2 is 1.79 bits per heavy atom. The molecule has 0 saturated carbocycles. The Morgan fingerprint density at radius 1 is 1.07 bits per heavy atom. The molecule has 8 heteroatoms. The van der Waals surface area contributed by atoms with Crippen LogP contribution < -0.4 is 20.1 Å². The zero-order valence-corrected chi connectivity index (χ0v) is 15.0. The van der Waals surface area contributed by atoms with E-state index in [0.29, 0.717) is 22.6 Å². The Labute approximate surface area is 160 Å². The molecule has 0 aromatic heterocycles. The quantitative estimate of drug-likeness (QED) is 0.657. The third-order valence-corrected chi connectivity index (χ3v) is 3.92. The lowest BCUT2D eigenvalue weighted by atomic mass is 10.1. The fraction of sp³-hybridized carbons (Fsp3) is 0.150. The number of benzene rings is 2. The van der Waals surface area contributed by atoms with Crippen LogP contribution in [0.4, 0.5) is 0 Å². The zero-order valence-electron chi connectivity index (χ0n) is 15.0. The average Bonchev–Trinajstić information content (AvgIpc) is 3.13.